The molecule has 0 bridgehead atoms. The summed E-state index contributed by atoms with van der Waals surface area (Å²) in [5.41, 5.74) is 1.84. The summed E-state index contributed by atoms with van der Waals surface area (Å²) in [5.74, 6) is -0.397. The van der Waals surface area contributed by atoms with Crippen molar-refractivity contribution >= 4 is 33.3 Å². The first-order valence-electron chi connectivity index (χ1n) is 7.37. The van der Waals surface area contributed by atoms with Gasteiger partial charge in [-0.1, -0.05) is 12.1 Å². The average molecular weight is 345 g/mol. The average Bonchev–Trinajstić information content (AvgIpc) is 3.00. The first-order valence-corrected chi connectivity index (χ1v) is 8.18. The van der Waals surface area contributed by atoms with Gasteiger partial charge in [0, 0.05) is 19.2 Å². The number of nitrogens with zero attached hydrogens (tertiary/aromatic N) is 2. The number of para-hydroxylation sites is 1. The van der Waals surface area contributed by atoms with Crippen molar-refractivity contribution in [1.82, 2.24) is 9.88 Å². The van der Waals surface area contributed by atoms with E-state index in [0.717, 1.165) is 10.2 Å². The Morgan fingerprint density at radius 2 is 2.12 bits per heavy atom. The number of hydrogen-bond donors (Lipinski definition) is 2. The highest BCUT2D eigenvalue weighted by atomic mass is 32.1. The number of aliphatic hydroxyl groups excluding tert-OH is 1. The van der Waals surface area contributed by atoms with Crippen molar-refractivity contribution in [2.45, 2.75) is 0 Å². The van der Waals surface area contributed by atoms with E-state index >= 15 is 0 Å². The molecule has 124 valence electrons. The standard InChI is InChI=1S/C17H16FN3O2S/c1-21(8-9-22)17(23)20-13-7-6-11(18)10-12(13)16-19-14-4-2-3-5-15(14)24-16/h2-7,10,22H,8-9H2,1H3,(H,20,23). The molecule has 0 atom stereocenters. The second kappa shape index (κ2) is 6.94. The molecule has 7 heteroatoms. The van der Waals surface area contributed by atoms with Gasteiger partial charge in [0.15, 0.2) is 0 Å². The molecule has 2 N–H and O–H groups in total. The van der Waals surface area contributed by atoms with E-state index in [1.54, 1.807) is 7.05 Å². The van der Waals surface area contributed by atoms with Crippen LogP contribution in [0.2, 0.25) is 0 Å². The van der Waals surface area contributed by atoms with Crippen LogP contribution in [-0.4, -0.2) is 41.2 Å². The number of urea groups is 1. The fourth-order valence-corrected chi connectivity index (χ4v) is 3.25. The van der Waals surface area contributed by atoms with E-state index in [-0.39, 0.29) is 19.2 Å². The van der Waals surface area contributed by atoms with E-state index in [1.165, 1.54) is 34.4 Å². The van der Waals surface area contributed by atoms with E-state index in [0.29, 0.717) is 16.3 Å². The van der Waals surface area contributed by atoms with Gasteiger partial charge in [-0.2, -0.15) is 0 Å². The Bertz CT molecular complexity index is 848. The van der Waals surface area contributed by atoms with Crippen molar-refractivity contribution in [3.63, 3.8) is 0 Å². The number of amides is 2. The number of aliphatic hydroxyl groups is 1. The van der Waals surface area contributed by atoms with Crippen LogP contribution >= 0.6 is 11.3 Å². The molecular formula is C17H16FN3O2S. The van der Waals surface area contributed by atoms with Gasteiger partial charge in [0.2, 0.25) is 0 Å². The number of halogens is 1. The molecule has 0 radical (unpaired) electrons. The minimum Gasteiger partial charge on any atom is -0.395 e. The number of carbonyl (C=O) groups is 1. The maximum atomic E-state index is 13.7. The second-order valence-corrected chi connectivity index (χ2v) is 6.28. The molecular weight excluding hydrogens is 329 g/mol. The molecule has 1 aromatic heterocycles. The highest BCUT2D eigenvalue weighted by Gasteiger charge is 2.15. The van der Waals surface area contributed by atoms with Crippen LogP contribution in [0.25, 0.3) is 20.8 Å². The largest absolute Gasteiger partial charge is 0.395 e. The number of nitrogens with one attached hydrogen (secondary N) is 1. The molecule has 24 heavy (non-hydrogen) atoms. The van der Waals surface area contributed by atoms with E-state index in [1.807, 2.05) is 24.3 Å². The number of aromatic nitrogens is 1. The van der Waals surface area contributed by atoms with Gasteiger partial charge < -0.3 is 15.3 Å². The molecule has 5 nitrogen and oxygen atoms in total. The number of hydrogen-bond acceptors (Lipinski definition) is 4. The van der Waals surface area contributed by atoms with Gasteiger partial charge in [-0.15, -0.1) is 11.3 Å². The van der Waals surface area contributed by atoms with Gasteiger partial charge >= 0.3 is 6.03 Å². The molecule has 0 aliphatic heterocycles. The third kappa shape index (κ3) is 3.37. The molecule has 1 heterocycles. The van der Waals surface area contributed by atoms with E-state index < -0.39 is 5.82 Å². The van der Waals surface area contributed by atoms with Crippen molar-refractivity contribution in [3.8, 4) is 10.6 Å². The summed E-state index contributed by atoms with van der Waals surface area (Å²) in [5, 5.41) is 12.3. The van der Waals surface area contributed by atoms with Gasteiger partial charge in [-0.25, -0.2) is 14.2 Å². The zero-order valence-electron chi connectivity index (χ0n) is 13.0. The topological polar surface area (TPSA) is 65.5 Å². The van der Waals surface area contributed by atoms with Crippen LogP contribution in [0.4, 0.5) is 14.9 Å². The highest BCUT2D eigenvalue weighted by Crippen LogP contribution is 2.35. The molecule has 0 unspecified atom stereocenters. The van der Waals surface area contributed by atoms with Crippen LogP contribution < -0.4 is 5.32 Å². The number of carbonyl (C=O) groups excluding carboxylic acids is 1. The molecule has 2 aromatic carbocycles. The molecule has 2 amide bonds. The van der Waals surface area contributed by atoms with Gasteiger partial charge in [-0.3, -0.25) is 0 Å². The predicted molar refractivity (Wildman–Crippen MR) is 93.7 cm³/mol. The summed E-state index contributed by atoms with van der Waals surface area (Å²) in [6.45, 7) is 0.0849. The van der Waals surface area contributed by atoms with Crippen LogP contribution in [0.5, 0.6) is 0 Å². The lowest BCUT2D eigenvalue weighted by atomic mass is 10.2. The van der Waals surface area contributed by atoms with Gasteiger partial charge in [0.1, 0.15) is 10.8 Å². The Kier molecular flexibility index (Phi) is 4.73. The number of thiazole rings is 1. The minimum absolute atomic E-state index is 0.127. The van der Waals surface area contributed by atoms with Crippen LogP contribution in [0.1, 0.15) is 0 Å². The Morgan fingerprint density at radius 1 is 1.33 bits per heavy atom. The smallest absolute Gasteiger partial charge is 0.321 e. The van der Waals surface area contributed by atoms with Crippen molar-refractivity contribution in [3.05, 3.63) is 48.3 Å². The molecule has 0 saturated carbocycles. The minimum atomic E-state index is -0.397. The van der Waals surface area contributed by atoms with Crippen molar-refractivity contribution < 1.29 is 14.3 Å². The zero-order chi connectivity index (χ0) is 17.1. The van der Waals surface area contributed by atoms with Gasteiger partial charge in [0.25, 0.3) is 0 Å². The Labute approximate surface area is 142 Å². The number of fused-ring (bicyclic) bond motifs is 1. The normalized spacial score (nSPS) is 10.8. The summed E-state index contributed by atoms with van der Waals surface area (Å²) in [7, 11) is 1.58. The Hall–Kier alpha value is -2.51. The summed E-state index contributed by atoms with van der Waals surface area (Å²) >= 11 is 1.44. The fraction of sp³-hybridized carbons (Fsp3) is 0.176. The summed E-state index contributed by atoms with van der Waals surface area (Å²) < 4.78 is 14.7. The lowest BCUT2D eigenvalue weighted by Crippen LogP contribution is -2.33. The van der Waals surface area contributed by atoms with E-state index in [4.69, 9.17) is 5.11 Å². The van der Waals surface area contributed by atoms with Crippen LogP contribution in [0.3, 0.4) is 0 Å². The van der Waals surface area contributed by atoms with Crippen molar-refractivity contribution in [2.24, 2.45) is 0 Å². The third-order valence-corrected chi connectivity index (χ3v) is 4.60. The van der Waals surface area contributed by atoms with Gasteiger partial charge in [-0.05, 0) is 30.3 Å². The Morgan fingerprint density at radius 3 is 2.88 bits per heavy atom. The Balaban J connectivity index is 1.98. The van der Waals surface area contributed by atoms with Crippen LogP contribution in [0, 0.1) is 5.82 Å². The van der Waals surface area contributed by atoms with E-state index in [9.17, 15) is 9.18 Å². The van der Waals surface area contributed by atoms with Gasteiger partial charge in [0.05, 0.1) is 22.5 Å². The highest BCUT2D eigenvalue weighted by molar-refractivity contribution is 7.21. The summed E-state index contributed by atoms with van der Waals surface area (Å²) in [6, 6.07) is 11.4. The van der Waals surface area contributed by atoms with Crippen LogP contribution in [0.15, 0.2) is 42.5 Å². The molecule has 0 aliphatic carbocycles. The zero-order valence-corrected chi connectivity index (χ0v) is 13.8. The summed E-state index contributed by atoms with van der Waals surface area (Å²) in [6.07, 6.45) is 0. The fourth-order valence-electron chi connectivity index (χ4n) is 2.25. The number of rotatable bonds is 4. The lowest BCUT2D eigenvalue weighted by molar-refractivity contribution is 0.202. The molecule has 3 rings (SSSR count). The molecule has 0 fully saturated rings. The maximum absolute atomic E-state index is 13.7. The quantitative estimate of drug-likeness (QED) is 0.760. The maximum Gasteiger partial charge on any atom is 0.321 e. The molecule has 0 saturated heterocycles. The SMILES string of the molecule is CN(CCO)C(=O)Nc1ccc(F)cc1-c1nc2ccccc2s1. The van der Waals surface area contributed by atoms with Crippen LogP contribution in [-0.2, 0) is 0 Å². The number of anilines is 1. The first kappa shape index (κ1) is 16.4. The summed E-state index contributed by atoms with van der Waals surface area (Å²) in [4.78, 5) is 18.0. The molecule has 0 aliphatic rings. The molecule has 0 spiro atoms. The second-order valence-electron chi connectivity index (χ2n) is 5.25. The number of likely N-dealkylation sites (N-methyl/N-ethyl adjacent to an activating group) is 1. The van der Waals surface area contributed by atoms with Crippen molar-refractivity contribution in [1.29, 1.82) is 0 Å². The first-order chi connectivity index (χ1) is 11.6. The third-order valence-electron chi connectivity index (χ3n) is 3.53. The lowest BCUT2D eigenvalue weighted by Gasteiger charge is -2.17. The number of benzene rings is 2. The monoisotopic (exact) mass is 345 g/mol. The predicted octanol–water partition coefficient (Wildman–Crippen LogP) is 3.56. The van der Waals surface area contributed by atoms with E-state index in [2.05, 4.69) is 10.3 Å². The molecule has 3 aromatic rings. The van der Waals surface area contributed by atoms with Crippen molar-refractivity contribution in [2.75, 3.05) is 25.5 Å².